The van der Waals surface area contributed by atoms with Crippen LogP contribution in [0.2, 0.25) is 0 Å². The summed E-state index contributed by atoms with van der Waals surface area (Å²) in [4.78, 5) is 13.5. The molecule has 0 fully saturated rings. The van der Waals surface area contributed by atoms with Crippen molar-refractivity contribution in [2.45, 2.75) is 6.61 Å². The van der Waals surface area contributed by atoms with Gasteiger partial charge in [-0.1, -0.05) is 36.4 Å². The predicted molar refractivity (Wildman–Crippen MR) is 61.5 cm³/mol. The van der Waals surface area contributed by atoms with Crippen molar-refractivity contribution in [2.75, 3.05) is 0 Å². The summed E-state index contributed by atoms with van der Waals surface area (Å²) < 4.78 is 4.54. The van der Waals surface area contributed by atoms with Gasteiger partial charge in [0, 0.05) is 12.4 Å². The third-order valence-electron chi connectivity index (χ3n) is 1.73. The van der Waals surface area contributed by atoms with E-state index in [2.05, 4.69) is 9.72 Å². The number of ether oxygens (including phenoxy) is 1. The van der Waals surface area contributed by atoms with Gasteiger partial charge in [-0.25, -0.2) is 0 Å². The summed E-state index contributed by atoms with van der Waals surface area (Å²) in [6.45, 7) is 0.817. The molecule has 82 valence electrons. The van der Waals surface area contributed by atoms with Gasteiger partial charge in [-0.15, -0.1) is 0 Å². The summed E-state index contributed by atoms with van der Waals surface area (Å²) >= 11 is 0. The number of nitrogens with zero attached hydrogens (tertiary/aromatic N) is 1. The summed E-state index contributed by atoms with van der Waals surface area (Å²) in [5.74, 6) is 0. The lowest BCUT2D eigenvalue weighted by Gasteiger charge is -1.95. The molecule has 0 saturated carbocycles. The lowest BCUT2D eigenvalue weighted by atomic mass is 10.2. The highest BCUT2D eigenvalue weighted by molar-refractivity contribution is 5.37. The number of hydrogen-bond acceptors (Lipinski definition) is 3. The zero-order valence-electron chi connectivity index (χ0n) is 8.82. The van der Waals surface area contributed by atoms with Crippen molar-refractivity contribution in [2.24, 2.45) is 0 Å². The quantitative estimate of drug-likeness (QED) is 0.738. The molecule has 0 atom stereocenters. The van der Waals surface area contributed by atoms with Crippen molar-refractivity contribution in [3.8, 4) is 0 Å². The van der Waals surface area contributed by atoms with Crippen LogP contribution in [0.15, 0.2) is 60.9 Å². The third kappa shape index (κ3) is 5.54. The van der Waals surface area contributed by atoms with E-state index < -0.39 is 0 Å². The molecule has 0 aliphatic heterocycles. The monoisotopic (exact) mass is 215 g/mol. The maximum absolute atomic E-state index is 9.76. The summed E-state index contributed by atoms with van der Waals surface area (Å²) in [5, 5.41) is 0. The van der Waals surface area contributed by atoms with E-state index >= 15 is 0 Å². The van der Waals surface area contributed by atoms with Crippen molar-refractivity contribution in [3.63, 3.8) is 0 Å². The molecule has 3 heteroatoms. The van der Waals surface area contributed by atoms with Crippen LogP contribution in [0.3, 0.4) is 0 Å². The Kier molecular flexibility index (Phi) is 6.09. The van der Waals surface area contributed by atoms with Crippen LogP contribution in [-0.4, -0.2) is 11.5 Å². The SMILES string of the molecule is O=COCc1ccccc1.c1ccncc1. The van der Waals surface area contributed by atoms with Crippen molar-refractivity contribution in [1.82, 2.24) is 4.98 Å². The number of aromatic nitrogens is 1. The van der Waals surface area contributed by atoms with Crippen LogP contribution in [0.1, 0.15) is 5.56 Å². The standard InChI is InChI=1S/C8H8O2.C5H5N/c9-7-10-6-8-4-2-1-3-5-8;1-2-4-6-5-3-1/h1-5,7H,6H2;1-5H. The Morgan fingerprint density at radius 3 is 2.06 bits per heavy atom. The van der Waals surface area contributed by atoms with Crippen LogP contribution in [0.25, 0.3) is 0 Å². The lowest BCUT2D eigenvalue weighted by molar-refractivity contribution is -0.129. The Labute approximate surface area is 94.7 Å². The Morgan fingerprint density at radius 2 is 1.62 bits per heavy atom. The minimum absolute atomic E-state index is 0.365. The summed E-state index contributed by atoms with van der Waals surface area (Å²) in [5.41, 5.74) is 1.01. The van der Waals surface area contributed by atoms with E-state index in [0.717, 1.165) is 5.56 Å². The van der Waals surface area contributed by atoms with Crippen molar-refractivity contribution < 1.29 is 9.53 Å². The molecule has 0 unspecified atom stereocenters. The topological polar surface area (TPSA) is 39.2 Å². The Hall–Kier alpha value is -2.16. The largest absolute Gasteiger partial charge is 0.463 e. The van der Waals surface area contributed by atoms with Gasteiger partial charge in [-0.2, -0.15) is 0 Å². The molecule has 3 nitrogen and oxygen atoms in total. The minimum atomic E-state index is 0.365. The first-order valence-electron chi connectivity index (χ1n) is 4.87. The molecule has 0 radical (unpaired) electrons. The zero-order valence-corrected chi connectivity index (χ0v) is 8.82. The van der Waals surface area contributed by atoms with Crippen molar-refractivity contribution in [3.05, 3.63) is 66.5 Å². The third-order valence-corrected chi connectivity index (χ3v) is 1.73. The lowest BCUT2D eigenvalue weighted by Crippen LogP contribution is -1.88. The van der Waals surface area contributed by atoms with Gasteiger partial charge in [-0.05, 0) is 17.7 Å². The molecule has 0 saturated heterocycles. The fourth-order valence-corrected chi connectivity index (χ4v) is 1.02. The first-order chi connectivity index (χ1) is 7.93. The molecule has 0 amide bonds. The molecule has 0 aliphatic rings. The average Bonchev–Trinajstić information content (AvgIpc) is 2.40. The number of pyridine rings is 1. The van der Waals surface area contributed by atoms with Crippen LogP contribution in [0.5, 0.6) is 0 Å². The minimum Gasteiger partial charge on any atom is -0.463 e. The highest BCUT2D eigenvalue weighted by atomic mass is 16.5. The van der Waals surface area contributed by atoms with Gasteiger partial charge in [0.1, 0.15) is 6.61 Å². The highest BCUT2D eigenvalue weighted by Crippen LogP contribution is 1.98. The first kappa shape index (κ1) is 11.9. The van der Waals surface area contributed by atoms with Gasteiger partial charge in [0.2, 0.25) is 0 Å². The second kappa shape index (κ2) is 8.17. The normalized spacial score (nSPS) is 8.50. The van der Waals surface area contributed by atoms with Crippen LogP contribution in [0, 0.1) is 0 Å². The van der Waals surface area contributed by atoms with Crippen molar-refractivity contribution >= 4 is 6.47 Å². The fourth-order valence-electron chi connectivity index (χ4n) is 1.02. The summed E-state index contributed by atoms with van der Waals surface area (Å²) in [7, 11) is 0. The second-order valence-corrected chi connectivity index (χ2v) is 2.92. The molecule has 1 aromatic carbocycles. The maximum atomic E-state index is 9.76. The molecule has 1 heterocycles. The molecule has 16 heavy (non-hydrogen) atoms. The van der Waals surface area contributed by atoms with Gasteiger partial charge in [0.25, 0.3) is 6.47 Å². The zero-order chi connectivity index (χ0) is 11.5. The molecule has 0 N–H and O–H groups in total. The van der Waals surface area contributed by atoms with Gasteiger partial charge in [-0.3, -0.25) is 9.78 Å². The van der Waals surface area contributed by atoms with E-state index in [-0.39, 0.29) is 0 Å². The van der Waals surface area contributed by atoms with E-state index in [0.29, 0.717) is 13.1 Å². The first-order valence-corrected chi connectivity index (χ1v) is 4.87. The van der Waals surface area contributed by atoms with Crippen LogP contribution >= 0.6 is 0 Å². The number of carbonyl (C=O) groups excluding carboxylic acids is 1. The second-order valence-electron chi connectivity index (χ2n) is 2.92. The summed E-state index contributed by atoms with van der Waals surface area (Å²) in [6, 6.07) is 15.3. The molecular formula is C13H13NO2. The van der Waals surface area contributed by atoms with Gasteiger partial charge in [0.15, 0.2) is 0 Å². The maximum Gasteiger partial charge on any atom is 0.293 e. The fraction of sp³-hybridized carbons (Fsp3) is 0.0769. The predicted octanol–water partition coefficient (Wildman–Crippen LogP) is 2.44. The molecule has 0 bridgehead atoms. The van der Waals surface area contributed by atoms with Crippen LogP contribution in [-0.2, 0) is 16.1 Å². The Bertz CT molecular complexity index is 349. The van der Waals surface area contributed by atoms with E-state index in [1.54, 1.807) is 12.4 Å². The van der Waals surface area contributed by atoms with Gasteiger partial charge in [0.05, 0.1) is 0 Å². The van der Waals surface area contributed by atoms with Gasteiger partial charge >= 0.3 is 0 Å². The molecule has 0 aliphatic carbocycles. The number of rotatable bonds is 3. The number of benzene rings is 1. The van der Waals surface area contributed by atoms with E-state index in [9.17, 15) is 4.79 Å². The smallest absolute Gasteiger partial charge is 0.293 e. The molecule has 2 aromatic rings. The molecule has 2 rings (SSSR count). The number of hydrogen-bond donors (Lipinski definition) is 0. The van der Waals surface area contributed by atoms with Crippen LogP contribution in [0.4, 0.5) is 0 Å². The Balaban J connectivity index is 0.000000181. The molecule has 1 aromatic heterocycles. The van der Waals surface area contributed by atoms with E-state index in [1.807, 2.05) is 48.5 Å². The van der Waals surface area contributed by atoms with E-state index in [1.165, 1.54) is 0 Å². The van der Waals surface area contributed by atoms with E-state index in [4.69, 9.17) is 0 Å². The van der Waals surface area contributed by atoms with Gasteiger partial charge < -0.3 is 4.74 Å². The highest BCUT2D eigenvalue weighted by Gasteiger charge is 1.87. The summed E-state index contributed by atoms with van der Waals surface area (Å²) in [6.07, 6.45) is 3.50. The van der Waals surface area contributed by atoms with Crippen molar-refractivity contribution in [1.29, 1.82) is 0 Å². The number of carbonyl (C=O) groups is 1. The Morgan fingerprint density at radius 1 is 1.00 bits per heavy atom. The molecular weight excluding hydrogens is 202 g/mol. The molecule has 0 spiro atoms. The van der Waals surface area contributed by atoms with Crippen LogP contribution < -0.4 is 0 Å². The average molecular weight is 215 g/mol.